The van der Waals surface area contributed by atoms with E-state index in [0.29, 0.717) is 99.9 Å². The molecule has 3 saturated carbocycles. The first-order chi connectivity index (χ1) is 69.2. The van der Waals surface area contributed by atoms with Gasteiger partial charge in [-0.15, -0.1) is 56.7 Å². The Morgan fingerprint density at radius 3 is 0.979 bits per heavy atom. The first-order valence-electron chi connectivity index (χ1n) is 49.5. The molecule has 3 aliphatic heterocycles. The molecule has 3 aliphatic carbocycles. The van der Waals surface area contributed by atoms with Gasteiger partial charge < -0.3 is 29.4 Å². The minimum Gasteiger partial charge on any atom is -0.342 e. The van der Waals surface area contributed by atoms with Crippen LogP contribution in [-0.4, -0.2) is 292 Å². The minimum absolute atomic E-state index is 0.0206. The maximum atomic E-state index is 13.4. The predicted octanol–water partition coefficient (Wildman–Crippen LogP) is 18.1. The van der Waals surface area contributed by atoms with Gasteiger partial charge in [0.05, 0.1) is 140 Å². The van der Waals surface area contributed by atoms with Gasteiger partial charge in [0, 0.05) is 167 Å². The number of hydrogen-bond donors (Lipinski definition) is 0. The van der Waals surface area contributed by atoms with Gasteiger partial charge in [0.25, 0.3) is 59.3 Å². The molecule has 0 N–H and O–H groups in total. The number of piperazine rings is 3. The van der Waals surface area contributed by atoms with Crippen molar-refractivity contribution in [1.29, 1.82) is 0 Å². The fraction of sp³-hybridized carbons (Fsp3) is 0.429. The quantitative estimate of drug-likeness (QED) is 0.0486. The highest BCUT2D eigenvalue weighted by atomic mass is 32.1. The second-order valence-electron chi connectivity index (χ2n) is 38.2. The van der Waals surface area contributed by atoms with Crippen molar-refractivity contribution in [1.82, 2.24) is 138 Å². The topological polar surface area (TPSA) is 329 Å². The lowest BCUT2D eigenvalue weighted by atomic mass is 10.1. The molecule has 33 nitrogen and oxygen atoms in total. The van der Waals surface area contributed by atoms with Gasteiger partial charge in [-0.2, -0.15) is 25.5 Å². The lowest BCUT2D eigenvalue weighted by Crippen LogP contribution is -2.50. The largest absolute Gasteiger partial charge is 0.342 e. The van der Waals surface area contributed by atoms with Crippen LogP contribution in [0.1, 0.15) is 227 Å². The zero-order chi connectivity index (χ0) is 100. The van der Waals surface area contributed by atoms with Crippen LogP contribution in [-0.2, 0) is 0 Å². The van der Waals surface area contributed by atoms with Crippen molar-refractivity contribution in [3.05, 3.63) is 234 Å². The van der Waals surface area contributed by atoms with E-state index in [0.717, 1.165) is 247 Å². The summed E-state index contributed by atoms with van der Waals surface area (Å²) in [5.41, 5.74) is 16.3. The first kappa shape index (κ1) is 102. The van der Waals surface area contributed by atoms with Crippen LogP contribution >= 0.6 is 56.7 Å². The molecule has 0 spiro atoms. The van der Waals surface area contributed by atoms with Crippen LogP contribution in [0.3, 0.4) is 0 Å². The van der Waals surface area contributed by atoms with E-state index in [-0.39, 0.29) is 29.5 Å². The van der Waals surface area contributed by atoms with E-state index in [9.17, 15) is 24.0 Å². The monoisotopic (exact) mass is 2020 g/mol. The SMILES string of the molecule is CC(C)N1CCN(C(=O)c2cnn(-c3nccc(-c4cccs4)n3)c2C2CC2)CC1.CCCCN(C)C(=O)c1cnn(-c2ncc(C)c(-c3cccs3)n2)c1C.CCN1CCN(C(=O)c2cnn(-c3ncc(C)c(-c4cccs4)n3)c2C2CC2)CC1.Cc1cnc(-n2ncc(C(=O)N(C)CC(C)C)c2C)nc1-c1cccs1.Cc1cnc(-n2ncc(C(=O)N3CCN(C(C)C)CC3)c2C2CC2)nc1-c1cccs1. The highest BCUT2D eigenvalue weighted by Crippen LogP contribution is 2.46. The van der Waals surface area contributed by atoms with E-state index in [4.69, 9.17) is 15.0 Å². The zero-order valence-electron chi connectivity index (χ0n) is 84.3. The van der Waals surface area contributed by atoms with Crippen molar-refractivity contribution in [2.45, 2.75) is 178 Å². The fourth-order valence-electron chi connectivity index (χ4n) is 17.9. The van der Waals surface area contributed by atoms with Crippen molar-refractivity contribution in [2.75, 3.05) is 112 Å². The van der Waals surface area contributed by atoms with Gasteiger partial charge >= 0.3 is 0 Å². The lowest BCUT2D eigenvalue weighted by molar-refractivity contribution is 0.0589. The third-order valence-electron chi connectivity index (χ3n) is 26.7. The van der Waals surface area contributed by atoms with Gasteiger partial charge in [-0.1, -0.05) is 64.4 Å². The molecule has 6 aliphatic rings. The molecular formula is C105H126N28O5S5. The number of rotatable bonds is 26. The number of carbonyl (C=O) groups excluding carboxylic acids is 5. The summed E-state index contributed by atoms with van der Waals surface area (Å²) in [7, 11) is 3.64. The average molecular weight is 2020 g/mol. The summed E-state index contributed by atoms with van der Waals surface area (Å²) in [5.74, 6) is 4.26. The van der Waals surface area contributed by atoms with E-state index >= 15 is 0 Å². The lowest BCUT2D eigenvalue weighted by Gasteiger charge is -2.36. The zero-order valence-corrected chi connectivity index (χ0v) is 88.4. The van der Waals surface area contributed by atoms with Crippen molar-refractivity contribution in [3.63, 3.8) is 0 Å². The number of hydrogen-bond acceptors (Lipinski definition) is 28. The molecule has 0 aromatic carbocycles. The predicted molar refractivity (Wildman–Crippen MR) is 564 cm³/mol. The Morgan fingerprint density at radius 1 is 0.364 bits per heavy atom. The maximum Gasteiger partial charge on any atom is 0.257 e. The third kappa shape index (κ3) is 23.5. The number of carbonyl (C=O) groups is 5. The number of unbranched alkanes of at least 4 members (excludes halogenated alkanes) is 1. The van der Waals surface area contributed by atoms with Crippen LogP contribution in [0.5, 0.6) is 0 Å². The van der Waals surface area contributed by atoms with Crippen LogP contribution in [0, 0.1) is 47.5 Å². The Kier molecular flexibility index (Phi) is 32.6. The molecule has 143 heavy (non-hydrogen) atoms. The summed E-state index contributed by atoms with van der Waals surface area (Å²) in [6.45, 7) is 41.6. The molecule has 0 bridgehead atoms. The summed E-state index contributed by atoms with van der Waals surface area (Å²) in [6, 6.07) is 23.3. The van der Waals surface area contributed by atoms with Crippen LogP contribution in [0.2, 0.25) is 0 Å². The number of nitrogens with zero attached hydrogens (tertiary/aromatic N) is 28. The van der Waals surface area contributed by atoms with E-state index in [1.54, 1.807) is 139 Å². The van der Waals surface area contributed by atoms with Crippen molar-refractivity contribution in [3.8, 4) is 82.6 Å². The first-order valence-corrected chi connectivity index (χ1v) is 53.9. The number of amides is 5. The Balaban J connectivity index is 0.000000123. The van der Waals surface area contributed by atoms with Gasteiger partial charge in [-0.25, -0.2) is 73.2 Å². The number of thiophene rings is 5. The minimum atomic E-state index is -0.0342. The Morgan fingerprint density at radius 2 is 0.671 bits per heavy atom. The van der Waals surface area contributed by atoms with Crippen molar-refractivity contribution in [2.24, 2.45) is 5.92 Å². The second-order valence-corrected chi connectivity index (χ2v) is 42.9. The summed E-state index contributed by atoms with van der Waals surface area (Å²) in [4.78, 5) is 134. The van der Waals surface area contributed by atoms with Crippen molar-refractivity contribution < 1.29 is 24.0 Å². The molecule has 0 radical (unpaired) electrons. The van der Waals surface area contributed by atoms with Crippen LogP contribution in [0.4, 0.5) is 0 Å². The molecule has 15 aromatic heterocycles. The van der Waals surface area contributed by atoms with Crippen molar-refractivity contribution >= 4 is 86.2 Å². The summed E-state index contributed by atoms with van der Waals surface area (Å²) in [6.07, 6.45) is 25.9. The van der Waals surface area contributed by atoms with Gasteiger partial charge in [0.15, 0.2) is 0 Å². The number of aryl methyl sites for hydroxylation is 4. The molecule has 5 amide bonds. The van der Waals surface area contributed by atoms with Crippen LogP contribution in [0.15, 0.2) is 156 Å². The number of aromatic nitrogens is 20. The summed E-state index contributed by atoms with van der Waals surface area (Å²) in [5, 5.41) is 32.7. The molecular weight excluding hydrogens is 1890 g/mol. The van der Waals surface area contributed by atoms with Gasteiger partial charge in [-0.05, 0) is 212 Å². The highest BCUT2D eigenvalue weighted by molar-refractivity contribution is 7.14. The second kappa shape index (κ2) is 45.8. The molecule has 746 valence electrons. The highest BCUT2D eigenvalue weighted by Gasteiger charge is 2.40. The number of likely N-dealkylation sites (N-methyl/N-ethyl adjacent to an activating group) is 1. The van der Waals surface area contributed by atoms with Crippen LogP contribution in [0.25, 0.3) is 82.6 Å². The smallest absolute Gasteiger partial charge is 0.257 e. The average Bonchev–Trinajstić information content (AvgIpc) is 1.62. The molecule has 0 unspecified atom stereocenters. The molecule has 21 rings (SSSR count). The van der Waals surface area contributed by atoms with E-state index in [1.165, 1.54) is 0 Å². The molecule has 3 saturated heterocycles. The molecule has 15 aromatic rings. The standard InChI is InChI=1S/C23H28N6OS.2C22H26N6OS.2C19H23N5OS/c1-15(2)27-8-10-28(11-9-27)22(30)18-14-25-29(21(18)17-6-7-17)23-24-13-16(3)20(26-23)19-5-4-12-31-19;1-15(2)26-9-11-27(12-10-26)21(29)17-14-24-28(20(17)16-5-6-16)22-23-8-7-18(25-22)19-4-3-13-30-19;1-3-26-8-10-27(11-9-26)21(29)17-14-24-28(20(17)16-6-7-16)22-23-13-15(2)19(25-22)18-5-4-12-30-18;1-12(2)11-23(5)18(25)15-10-21-24(14(15)4)19-20-9-13(3)17(22-19)16-7-6-8-26-16;1-5-6-9-23(4)18(25)15-12-21-24(14(15)3)19-20-11-13(2)17(22-19)16-8-7-10-26-16/h4-5,12-15,17H,6-11H2,1-3H3;3-4,7-8,13-16H,5-6,9-12H2,1-2H3;4-5,12-14,16H,3,6-11H2,1-2H3;6-10,12H,11H2,1-5H3;7-8,10-12H,5-6,9H2,1-4H3. The van der Waals surface area contributed by atoms with E-state index in [1.807, 2.05) is 153 Å². The Hall–Kier alpha value is -12.8. The molecule has 38 heteroatoms. The normalized spacial score (nSPS) is 15.2. The summed E-state index contributed by atoms with van der Waals surface area (Å²) >= 11 is 8.25. The molecule has 6 fully saturated rings. The van der Waals surface area contributed by atoms with Crippen LogP contribution < -0.4 is 0 Å². The molecule has 0 atom stereocenters. The van der Waals surface area contributed by atoms with Gasteiger partial charge in [-0.3, -0.25) is 33.8 Å². The Labute approximate surface area is 855 Å². The fourth-order valence-corrected chi connectivity index (χ4v) is 21.8. The molecule has 18 heterocycles. The third-order valence-corrected chi connectivity index (χ3v) is 31.0. The van der Waals surface area contributed by atoms with E-state index < -0.39 is 0 Å². The Bertz CT molecular complexity index is 6860. The van der Waals surface area contributed by atoms with Gasteiger partial charge in [0.1, 0.15) is 0 Å². The van der Waals surface area contributed by atoms with Gasteiger partial charge in [0.2, 0.25) is 0 Å². The maximum absolute atomic E-state index is 13.4. The van der Waals surface area contributed by atoms with E-state index in [2.05, 4.69) is 153 Å². The summed E-state index contributed by atoms with van der Waals surface area (Å²) < 4.78 is 8.65.